The summed E-state index contributed by atoms with van der Waals surface area (Å²) >= 11 is 0. The van der Waals surface area contributed by atoms with Gasteiger partial charge in [-0.2, -0.15) is 5.26 Å². The van der Waals surface area contributed by atoms with Crippen LogP contribution in [0.25, 0.3) is 0 Å². The number of carbonyl (C=O) groups is 2. The van der Waals surface area contributed by atoms with Crippen LogP contribution in [0.15, 0.2) is 24.3 Å². The summed E-state index contributed by atoms with van der Waals surface area (Å²) < 4.78 is 4.63. The van der Waals surface area contributed by atoms with Crippen LogP contribution in [0.3, 0.4) is 0 Å². The highest BCUT2D eigenvalue weighted by molar-refractivity contribution is 5.96. The number of carbonyl (C=O) groups excluding carboxylic acids is 2. The monoisotopic (exact) mass is 276 g/mol. The Morgan fingerprint density at radius 3 is 2.50 bits per heavy atom. The number of nitrogens with one attached hydrogen (secondary N) is 1. The van der Waals surface area contributed by atoms with Gasteiger partial charge in [0, 0.05) is 17.9 Å². The fourth-order valence-electron chi connectivity index (χ4n) is 1.66. The molecule has 0 aliphatic heterocycles. The minimum absolute atomic E-state index is 0.0453. The summed E-state index contributed by atoms with van der Waals surface area (Å²) in [5.74, 6) is -1.39. The maximum Gasteiger partial charge on any atom is 0.328 e. The molecule has 0 spiro atoms. The molecule has 20 heavy (non-hydrogen) atoms. The molecule has 1 aromatic rings. The molecule has 2 atom stereocenters. The molecular formula is C14H16N2O4. The van der Waals surface area contributed by atoms with Crippen molar-refractivity contribution in [2.75, 3.05) is 7.11 Å². The van der Waals surface area contributed by atoms with Gasteiger partial charge in [0.2, 0.25) is 0 Å². The van der Waals surface area contributed by atoms with Crippen LogP contribution in [0.4, 0.5) is 0 Å². The van der Waals surface area contributed by atoms with Crippen LogP contribution >= 0.6 is 0 Å². The first-order valence-electron chi connectivity index (χ1n) is 6.04. The average Bonchev–Trinajstić information content (AvgIpc) is 2.44. The molecule has 0 aliphatic carbocycles. The van der Waals surface area contributed by atoms with E-state index in [0.717, 1.165) is 0 Å². The third kappa shape index (κ3) is 3.99. The molecule has 1 amide bonds. The minimum Gasteiger partial charge on any atom is -0.508 e. The van der Waals surface area contributed by atoms with Crippen molar-refractivity contribution in [2.24, 2.45) is 5.92 Å². The van der Waals surface area contributed by atoms with E-state index in [-0.39, 0.29) is 18.1 Å². The maximum absolute atomic E-state index is 12.0. The lowest BCUT2D eigenvalue weighted by Gasteiger charge is -2.21. The van der Waals surface area contributed by atoms with Crippen LogP contribution in [0, 0.1) is 17.2 Å². The van der Waals surface area contributed by atoms with Crippen LogP contribution in [0.1, 0.15) is 23.7 Å². The molecule has 0 saturated carbocycles. The molecule has 0 radical (unpaired) electrons. The zero-order valence-electron chi connectivity index (χ0n) is 11.3. The number of rotatable bonds is 5. The van der Waals surface area contributed by atoms with E-state index >= 15 is 0 Å². The lowest BCUT2D eigenvalue weighted by atomic mass is 9.98. The summed E-state index contributed by atoms with van der Waals surface area (Å²) in [6, 6.07) is 6.70. The Morgan fingerprint density at radius 1 is 1.40 bits per heavy atom. The van der Waals surface area contributed by atoms with E-state index in [4.69, 9.17) is 10.4 Å². The van der Waals surface area contributed by atoms with Gasteiger partial charge in [0.25, 0.3) is 5.91 Å². The summed E-state index contributed by atoms with van der Waals surface area (Å²) in [6.45, 7) is 1.68. The Morgan fingerprint density at radius 2 is 2.00 bits per heavy atom. The molecule has 0 aliphatic rings. The van der Waals surface area contributed by atoms with E-state index in [0.29, 0.717) is 5.56 Å². The Hall–Kier alpha value is -2.55. The van der Waals surface area contributed by atoms with Gasteiger partial charge in [-0.25, -0.2) is 4.79 Å². The number of phenols is 1. The number of esters is 1. The summed E-state index contributed by atoms with van der Waals surface area (Å²) in [5, 5.41) is 20.4. The quantitative estimate of drug-likeness (QED) is 0.787. The molecular weight excluding hydrogens is 260 g/mol. The van der Waals surface area contributed by atoms with Gasteiger partial charge in [0.1, 0.15) is 11.8 Å². The molecule has 0 bridgehead atoms. The SMILES string of the molecule is COC(=O)[C@H](NC(=O)c1ccc(O)cc1)[C@H](C)CC#N. The summed E-state index contributed by atoms with van der Waals surface area (Å²) in [7, 11) is 1.22. The number of hydrogen-bond acceptors (Lipinski definition) is 5. The molecule has 2 N–H and O–H groups in total. The molecule has 0 aromatic heterocycles. The first kappa shape index (κ1) is 15.5. The number of hydrogen-bond donors (Lipinski definition) is 2. The van der Waals surface area contributed by atoms with Crippen molar-refractivity contribution in [2.45, 2.75) is 19.4 Å². The largest absolute Gasteiger partial charge is 0.508 e. The topological polar surface area (TPSA) is 99.4 Å². The van der Waals surface area contributed by atoms with Gasteiger partial charge >= 0.3 is 5.97 Å². The zero-order chi connectivity index (χ0) is 15.1. The smallest absolute Gasteiger partial charge is 0.328 e. The van der Waals surface area contributed by atoms with Crippen LogP contribution in [-0.2, 0) is 9.53 Å². The Kier molecular flexibility index (Phi) is 5.54. The van der Waals surface area contributed by atoms with Crippen molar-refractivity contribution in [3.63, 3.8) is 0 Å². The first-order valence-corrected chi connectivity index (χ1v) is 6.04. The molecule has 0 heterocycles. The number of nitrogens with zero attached hydrogens (tertiary/aromatic N) is 1. The third-order valence-corrected chi connectivity index (χ3v) is 2.85. The Bertz CT molecular complexity index is 519. The number of aromatic hydroxyl groups is 1. The maximum atomic E-state index is 12.0. The fourth-order valence-corrected chi connectivity index (χ4v) is 1.66. The average molecular weight is 276 g/mol. The highest BCUT2D eigenvalue weighted by Gasteiger charge is 2.27. The van der Waals surface area contributed by atoms with Gasteiger partial charge < -0.3 is 15.2 Å². The van der Waals surface area contributed by atoms with E-state index < -0.39 is 17.9 Å². The predicted molar refractivity (Wildman–Crippen MR) is 70.8 cm³/mol. The number of amides is 1. The molecule has 1 rings (SSSR count). The molecule has 0 saturated heterocycles. The van der Waals surface area contributed by atoms with Crippen LogP contribution in [0.2, 0.25) is 0 Å². The van der Waals surface area contributed by atoms with Gasteiger partial charge in [-0.3, -0.25) is 4.79 Å². The van der Waals surface area contributed by atoms with Crippen molar-refractivity contribution in [3.05, 3.63) is 29.8 Å². The lowest BCUT2D eigenvalue weighted by Crippen LogP contribution is -2.45. The lowest BCUT2D eigenvalue weighted by molar-refractivity contribution is -0.144. The molecule has 1 aromatic carbocycles. The van der Waals surface area contributed by atoms with Crippen LogP contribution in [0.5, 0.6) is 5.75 Å². The van der Waals surface area contributed by atoms with Gasteiger partial charge in [0.05, 0.1) is 13.2 Å². The highest BCUT2D eigenvalue weighted by Crippen LogP contribution is 2.13. The minimum atomic E-state index is -0.888. The van der Waals surface area contributed by atoms with Crippen LogP contribution < -0.4 is 5.32 Å². The van der Waals surface area contributed by atoms with Crippen molar-refractivity contribution in [1.82, 2.24) is 5.32 Å². The number of nitriles is 1. The van der Waals surface area contributed by atoms with E-state index in [1.54, 1.807) is 6.92 Å². The molecule has 0 unspecified atom stereocenters. The van der Waals surface area contributed by atoms with Crippen molar-refractivity contribution < 1.29 is 19.4 Å². The Labute approximate surface area is 117 Å². The zero-order valence-corrected chi connectivity index (χ0v) is 11.3. The molecule has 106 valence electrons. The first-order chi connectivity index (χ1) is 9.49. The number of methoxy groups -OCH3 is 1. The highest BCUT2D eigenvalue weighted by atomic mass is 16.5. The summed E-state index contributed by atoms with van der Waals surface area (Å²) in [5.41, 5.74) is 0.306. The normalized spacial score (nSPS) is 12.8. The summed E-state index contributed by atoms with van der Waals surface area (Å²) in [6.07, 6.45) is 0.121. The Balaban J connectivity index is 2.84. The second-order valence-electron chi connectivity index (χ2n) is 4.36. The van der Waals surface area contributed by atoms with Gasteiger partial charge in [-0.05, 0) is 24.3 Å². The van der Waals surface area contributed by atoms with Gasteiger partial charge in [0.15, 0.2) is 0 Å². The second kappa shape index (κ2) is 7.14. The van der Waals surface area contributed by atoms with Gasteiger partial charge in [-0.1, -0.05) is 6.92 Å². The summed E-state index contributed by atoms with van der Waals surface area (Å²) in [4.78, 5) is 23.7. The molecule has 6 nitrogen and oxygen atoms in total. The molecule has 6 heteroatoms. The molecule has 0 fully saturated rings. The van der Waals surface area contributed by atoms with E-state index in [1.807, 2.05) is 6.07 Å². The number of phenolic OH excluding ortho intramolecular Hbond substituents is 1. The van der Waals surface area contributed by atoms with E-state index in [9.17, 15) is 9.59 Å². The van der Waals surface area contributed by atoms with Crippen molar-refractivity contribution >= 4 is 11.9 Å². The van der Waals surface area contributed by atoms with E-state index in [1.165, 1.54) is 31.4 Å². The van der Waals surface area contributed by atoms with Crippen LogP contribution in [-0.4, -0.2) is 30.1 Å². The second-order valence-corrected chi connectivity index (χ2v) is 4.36. The third-order valence-electron chi connectivity index (χ3n) is 2.85. The predicted octanol–water partition coefficient (Wildman–Crippen LogP) is 1.21. The van der Waals surface area contributed by atoms with Gasteiger partial charge in [-0.15, -0.1) is 0 Å². The number of benzene rings is 1. The van der Waals surface area contributed by atoms with Crippen molar-refractivity contribution in [1.29, 1.82) is 5.26 Å². The fraction of sp³-hybridized carbons (Fsp3) is 0.357. The standard InChI is InChI=1S/C14H16N2O4/c1-9(7-8-15)12(14(19)20-2)16-13(18)10-3-5-11(17)6-4-10/h3-6,9,12,17H,7H2,1-2H3,(H,16,18)/t9-,12-/m1/s1. The van der Waals surface area contributed by atoms with E-state index in [2.05, 4.69) is 10.1 Å². The number of ether oxygens (including phenoxy) is 1. The van der Waals surface area contributed by atoms with Crippen molar-refractivity contribution in [3.8, 4) is 11.8 Å².